The minimum atomic E-state index is -0.900. The number of ether oxygens (including phenoxy) is 9. The van der Waals surface area contributed by atoms with Gasteiger partial charge < -0.3 is 46.4 Å². The number of hydrogen-bond donors (Lipinski definition) is 0. The SMILES string of the molecule is CC(=O)OC1[C@H]([O][AlH][I])OC(C)[C@H](C)[C@@H]1O[C@@H]1OC(C)[C@H](C)[C@H](C)C1O[C@@H]1OC(C)[C@H](C)[C@H](O[C@H]2O[C@@H](COCc3ccccc3)[C@@H](C)C(C)C2C)C1C. The van der Waals surface area contributed by atoms with Gasteiger partial charge in [0.25, 0.3) is 0 Å². The first-order chi connectivity index (χ1) is 25.6. The summed E-state index contributed by atoms with van der Waals surface area (Å²) in [6.07, 6.45) is -4.87. The van der Waals surface area contributed by atoms with Crippen LogP contribution in [-0.4, -0.2) is 98.8 Å². The van der Waals surface area contributed by atoms with Gasteiger partial charge in [-0.05, 0) is 50.0 Å². The Hall–Kier alpha value is -0.408. The number of esters is 1. The molecule has 5 rings (SSSR count). The van der Waals surface area contributed by atoms with Gasteiger partial charge in [0.1, 0.15) is 12.2 Å². The van der Waals surface area contributed by atoms with Gasteiger partial charge in [0.15, 0.2) is 31.3 Å². The summed E-state index contributed by atoms with van der Waals surface area (Å²) >= 11 is 1.36. The van der Waals surface area contributed by atoms with E-state index in [9.17, 15) is 4.79 Å². The average molecular weight is 889 g/mol. The van der Waals surface area contributed by atoms with Gasteiger partial charge in [0.05, 0.1) is 43.7 Å². The number of rotatable bonds is 13. The van der Waals surface area contributed by atoms with Crippen LogP contribution in [0.25, 0.3) is 0 Å². The molecule has 4 saturated heterocycles. The molecule has 0 aliphatic carbocycles. The second kappa shape index (κ2) is 20.0. The van der Waals surface area contributed by atoms with E-state index in [1.165, 1.54) is 6.92 Å². The molecule has 4 aliphatic heterocycles. The monoisotopic (exact) mass is 888 g/mol. The van der Waals surface area contributed by atoms with Gasteiger partial charge in [-0.2, -0.15) is 20.3 Å². The quantitative estimate of drug-likeness (QED) is 0.116. The summed E-state index contributed by atoms with van der Waals surface area (Å²) < 4.78 is 65.2. The Labute approximate surface area is 341 Å². The van der Waals surface area contributed by atoms with Crippen LogP contribution < -0.4 is 0 Å². The summed E-state index contributed by atoms with van der Waals surface area (Å²) in [5.74, 6) is 0.574. The van der Waals surface area contributed by atoms with Gasteiger partial charge in [-0.15, -0.1) is 0 Å². The highest BCUT2D eigenvalue weighted by molar-refractivity contribution is 14.1. The summed E-state index contributed by atoms with van der Waals surface area (Å²) in [4.78, 5) is 12.3. The topological polar surface area (TPSA) is 109 Å². The summed E-state index contributed by atoms with van der Waals surface area (Å²) in [6, 6.07) is 10.2. The molecule has 1 aromatic carbocycles. The van der Waals surface area contributed by atoms with Crippen LogP contribution in [0.5, 0.6) is 0 Å². The van der Waals surface area contributed by atoms with Crippen molar-refractivity contribution in [1.82, 2.24) is 0 Å². The molecule has 0 saturated carbocycles. The number of carbonyl (C=O) groups is 1. The Bertz CT molecular complexity index is 1310. The van der Waals surface area contributed by atoms with Crippen molar-refractivity contribution in [3.63, 3.8) is 0 Å². The molecule has 4 heterocycles. The second-order valence-electron chi connectivity index (χ2n) is 16.7. The zero-order valence-electron chi connectivity index (χ0n) is 34.4. The molecule has 4 fully saturated rings. The number of hydrogen-bond acceptors (Lipinski definition) is 11. The van der Waals surface area contributed by atoms with Gasteiger partial charge in [-0.3, -0.25) is 4.79 Å². The van der Waals surface area contributed by atoms with Crippen molar-refractivity contribution in [2.75, 3.05) is 6.61 Å². The average Bonchev–Trinajstić information content (AvgIpc) is 3.14. The molecule has 0 amide bonds. The van der Waals surface area contributed by atoms with Gasteiger partial charge in [0.2, 0.25) is 0 Å². The van der Waals surface area contributed by atoms with E-state index in [-0.39, 0.29) is 66.0 Å². The van der Waals surface area contributed by atoms with Crippen LogP contribution in [0, 0.1) is 47.3 Å². The molecule has 0 N–H and O–H groups in total. The molecule has 0 bridgehead atoms. The minimum absolute atomic E-state index is 0.0674. The third-order valence-corrected chi connectivity index (χ3v) is 14.8. The lowest BCUT2D eigenvalue weighted by molar-refractivity contribution is -0.370. The maximum Gasteiger partial charge on any atom is 0.527 e. The molecule has 1 aromatic rings. The summed E-state index contributed by atoms with van der Waals surface area (Å²) in [6.45, 7) is 26.1. The maximum atomic E-state index is 12.3. The molecular weight excluding hydrogens is 822 g/mol. The van der Waals surface area contributed by atoms with Crippen molar-refractivity contribution in [3.8, 4) is 0 Å². The van der Waals surface area contributed by atoms with E-state index in [0.717, 1.165) is 5.56 Å². The van der Waals surface area contributed by atoms with E-state index >= 15 is 0 Å². The van der Waals surface area contributed by atoms with Crippen LogP contribution >= 0.6 is 20.3 Å². The zero-order valence-corrected chi connectivity index (χ0v) is 38.0. The molecule has 11 nitrogen and oxygen atoms in total. The Morgan fingerprint density at radius 2 is 1.15 bits per heavy atom. The van der Waals surface area contributed by atoms with Crippen LogP contribution in [-0.2, 0) is 57.8 Å². The molecule has 0 aromatic heterocycles. The Balaban J connectivity index is 1.32. The fourth-order valence-corrected chi connectivity index (χ4v) is 9.91. The highest BCUT2D eigenvalue weighted by Gasteiger charge is 2.52. The number of carbonyl (C=O) groups excluding carboxylic acids is 1. The van der Waals surface area contributed by atoms with Crippen molar-refractivity contribution in [3.05, 3.63) is 35.9 Å². The first-order valence-electron chi connectivity index (χ1n) is 20.2. The highest BCUT2D eigenvalue weighted by atomic mass is 127. The molecule has 0 spiro atoms. The first-order valence-corrected chi connectivity index (χ1v) is 25.9. The lowest BCUT2D eigenvalue weighted by Crippen LogP contribution is -2.61. The van der Waals surface area contributed by atoms with E-state index in [0.29, 0.717) is 25.0 Å². The van der Waals surface area contributed by atoms with Crippen LogP contribution in [0.3, 0.4) is 0 Å². The van der Waals surface area contributed by atoms with Gasteiger partial charge >= 0.3 is 18.2 Å². The van der Waals surface area contributed by atoms with Gasteiger partial charge in [-0.1, -0.05) is 85.7 Å². The van der Waals surface area contributed by atoms with Gasteiger partial charge in [-0.25, -0.2) is 0 Å². The maximum absolute atomic E-state index is 12.3. The Kier molecular flexibility index (Phi) is 16.6. The largest absolute Gasteiger partial charge is 0.527 e. The van der Waals surface area contributed by atoms with Gasteiger partial charge in [0, 0.05) is 30.6 Å². The fourth-order valence-electron chi connectivity index (χ4n) is 8.46. The fraction of sp³-hybridized carbons (Fsp3) is 0.829. The van der Waals surface area contributed by atoms with E-state index in [1.807, 2.05) is 32.0 Å². The Morgan fingerprint density at radius 1 is 0.593 bits per heavy atom. The molecule has 54 heavy (non-hydrogen) atoms. The number of halogens is 1. The predicted molar refractivity (Wildman–Crippen MR) is 214 cm³/mol. The predicted octanol–water partition coefficient (Wildman–Crippen LogP) is 7.06. The molecular formula is C41H66AlIO11. The second-order valence-corrected chi connectivity index (χ2v) is 19.1. The minimum Gasteiger partial charge on any atom is -0.470 e. The third kappa shape index (κ3) is 10.4. The highest BCUT2D eigenvalue weighted by Crippen LogP contribution is 2.43. The van der Waals surface area contributed by atoms with E-state index in [4.69, 9.17) is 46.4 Å². The molecule has 20 atom stereocenters. The lowest BCUT2D eigenvalue weighted by Gasteiger charge is -2.51. The third-order valence-electron chi connectivity index (χ3n) is 13.2. The molecule has 306 valence electrons. The van der Waals surface area contributed by atoms with Crippen molar-refractivity contribution < 1.29 is 51.2 Å². The summed E-state index contributed by atoms with van der Waals surface area (Å²) in [5, 5.41) is 0. The van der Waals surface area contributed by atoms with Crippen molar-refractivity contribution in [2.24, 2.45) is 47.3 Å². The van der Waals surface area contributed by atoms with Crippen LogP contribution in [0.15, 0.2) is 30.3 Å². The smallest absolute Gasteiger partial charge is 0.470 e. The van der Waals surface area contributed by atoms with E-state index in [2.05, 4.69) is 94.7 Å². The van der Waals surface area contributed by atoms with E-state index < -0.39 is 61.7 Å². The lowest BCUT2D eigenvalue weighted by atomic mass is 9.78. The van der Waals surface area contributed by atoms with Crippen LogP contribution in [0.2, 0.25) is 0 Å². The molecule has 8 unspecified atom stereocenters. The Morgan fingerprint density at radius 3 is 1.80 bits per heavy atom. The molecule has 0 radical (unpaired) electrons. The first kappa shape index (κ1) is 44.7. The normalized spacial score (nSPS) is 45.8. The van der Waals surface area contributed by atoms with E-state index in [1.54, 1.807) is 0 Å². The standard InChI is InChI=1S/C41H65O11.Al.HI.H/c1-20-22(3)33(19-44-18-32-16-14-13-15-17-32)49-39(24(20)5)50-34-25(6)30(11)46-40(27(34)8)52-36-23(4)21(2)28(9)47-41(36)51-35-26(7)29(10)45-38(43)37(35)48-31(12)42;;;/h13-17,20-30,33-41H,18-19H2,1-12H3;;1H;/q-1;+2;;/p-1/t20?,21-,22+,23+,24?,25+,26+,27?,28?,29?,30?,33+,34+,35+,36?,37?,38-,39-,40+,41+;;;/m1.../s1. The van der Waals surface area contributed by atoms with Crippen LogP contribution in [0.4, 0.5) is 0 Å². The number of benzene rings is 1. The van der Waals surface area contributed by atoms with Crippen molar-refractivity contribution in [2.45, 2.75) is 164 Å². The zero-order chi connectivity index (χ0) is 39.4. The molecule has 13 heteroatoms. The van der Waals surface area contributed by atoms with Crippen molar-refractivity contribution >= 4 is 38.5 Å². The molecule has 4 aliphatic rings. The summed E-state index contributed by atoms with van der Waals surface area (Å²) in [5.41, 5.74) is 1.14. The van der Waals surface area contributed by atoms with Crippen molar-refractivity contribution in [1.29, 1.82) is 0 Å². The summed E-state index contributed by atoms with van der Waals surface area (Å²) in [7, 11) is 0. The van der Waals surface area contributed by atoms with Crippen LogP contribution in [0.1, 0.15) is 88.6 Å².